The second kappa shape index (κ2) is 7.02. The van der Waals surface area contributed by atoms with Crippen molar-refractivity contribution in [2.45, 2.75) is 69.7 Å². The van der Waals surface area contributed by atoms with Gasteiger partial charge in [-0.25, -0.2) is 0 Å². The number of ether oxygens (including phenoxy) is 1. The number of hydrogen-bond donors (Lipinski definition) is 1. The highest BCUT2D eigenvalue weighted by atomic mass is 16.5. The van der Waals surface area contributed by atoms with Gasteiger partial charge in [0.1, 0.15) is 12.0 Å². The van der Waals surface area contributed by atoms with Crippen molar-refractivity contribution in [3.63, 3.8) is 0 Å². The molecule has 2 bridgehead atoms. The Labute approximate surface area is 138 Å². The van der Waals surface area contributed by atoms with E-state index in [0.29, 0.717) is 18.1 Å². The summed E-state index contributed by atoms with van der Waals surface area (Å²) >= 11 is 0. The summed E-state index contributed by atoms with van der Waals surface area (Å²) < 4.78 is 5.78. The minimum Gasteiger partial charge on any atom is -0.462 e. The third kappa shape index (κ3) is 3.43. The Hall–Kier alpha value is -1.39. The summed E-state index contributed by atoms with van der Waals surface area (Å²) in [6.07, 6.45) is 4.26. The number of benzene rings is 1. The van der Waals surface area contributed by atoms with Crippen molar-refractivity contribution in [2.75, 3.05) is 6.61 Å². The number of aliphatic hydroxyl groups is 1. The predicted molar refractivity (Wildman–Crippen MR) is 89.2 cm³/mol. The van der Waals surface area contributed by atoms with Gasteiger partial charge in [-0.2, -0.15) is 0 Å². The molecule has 0 saturated carbocycles. The molecule has 3 atom stereocenters. The molecule has 2 unspecified atom stereocenters. The van der Waals surface area contributed by atoms with E-state index in [1.54, 1.807) is 0 Å². The van der Waals surface area contributed by atoms with E-state index in [1.807, 2.05) is 30.3 Å². The Morgan fingerprint density at radius 2 is 1.83 bits per heavy atom. The summed E-state index contributed by atoms with van der Waals surface area (Å²) in [5.74, 6) is -0.863. The summed E-state index contributed by atoms with van der Waals surface area (Å²) in [6.45, 7) is 4.28. The molecule has 4 nitrogen and oxygen atoms in total. The van der Waals surface area contributed by atoms with Crippen LogP contribution in [-0.4, -0.2) is 46.8 Å². The van der Waals surface area contributed by atoms with Gasteiger partial charge in [0.25, 0.3) is 0 Å². The number of aliphatic hydroxyl groups excluding tert-OH is 1. The first-order chi connectivity index (χ1) is 11.1. The first-order valence-electron chi connectivity index (χ1n) is 8.74. The molecular formula is C19H27NO3. The zero-order chi connectivity index (χ0) is 16.4. The van der Waals surface area contributed by atoms with Crippen molar-refractivity contribution >= 4 is 5.97 Å². The molecule has 2 heterocycles. The van der Waals surface area contributed by atoms with Crippen LogP contribution in [0.3, 0.4) is 0 Å². The predicted octanol–water partition coefficient (Wildman–Crippen LogP) is 2.71. The summed E-state index contributed by atoms with van der Waals surface area (Å²) in [7, 11) is 0. The van der Waals surface area contributed by atoms with Crippen LogP contribution >= 0.6 is 0 Å². The van der Waals surface area contributed by atoms with Crippen molar-refractivity contribution in [1.82, 2.24) is 4.90 Å². The van der Waals surface area contributed by atoms with E-state index >= 15 is 0 Å². The van der Waals surface area contributed by atoms with Crippen molar-refractivity contribution in [2.24, 2.45) is 0 Å². The zero-order valence-corrected chi connectivity index (χ0v) is 14.0. The van der Waals surface area contributed by atoms with Crippen molar-refractivity contribution < 1.29 is 14.6 Å². The van der Waals surface area contributed by atoms with Gasteiger partial charge in [0.2, 0.25) is 0 Å². The smallest absolute Gasteiger partial charge is 0.316 e. The molecule has 2 aliphatic rings. The Balaban J connectivity index is 1.63. The van der Waals surface area contributed by atoms with Crippen LogP contribution < -0.4 is 0 Å². The Morgan fingerprint density at radius 3 is 2.35 bits per heavy atom. The maximum atomic E-state index is 12.5. The van der Waals surface area contributed by atoms with E-state index in [-0.39, 0.29) is 18.7 Å². The van der Waals surface area contributed by atoms with Crippen LogP contribution in [0.4, 0.5) is 0 Å². The standard InChI is InChI=1S/C19H27NO3/c1-13(2)20-15-8-9-16(20)11-17(10-15)23-19(22)18(12-21)14-6-4-3-5-7-14/h3-7,13,15-18,21H,8-12H2,1-2H3/t15?,16?,17?,18-/m0/s1. The topological polar surface area (TPSA) is 49.8 Å². The average molecular weight is 317 g/mol. The lowest BCUT2D eigenvalue weighted by Gasteiger charge is -2.41. The molecular weight excluding hydrogens is 290 g/mol. The van der Waals surface area contributed by atoms with Gasteiger partial charge >= 0.3 is 5.97 Å². The normalized spacial score (nSPS) is 28.8. The van der Waals surface area contributed by atoms with E-state index in [4.69, 9.17) is 4.74 Å². The van der Waals surface area contributed by atoms with E-state index in [2.05, 4.69) is 18.7 Å². The highest BCUT2D eigenvalue weighted by Gasteiger charge is 2.43. The van der Waals surface area contributed by atoms with Crippen LogP contribution in [0, 0.1) is 0 Å². The molecule has 1 aromatic rings. The van der Waals surface area contributed by atoms with E-state index < -0.39 is 5.92 Å². The van der Waals surface area contributed by atoms with E-state index in [0.717, 1.165) is 18.4 Å². The van der Waals surface area contributed by atoms with Crippen LogP contribution in [0.2, 0.25) is 0 Å². The fourth-order valence-electron chi connectivity index (χ4n) is 4.35. The molecule has 2 fully saturated rings. The lowest BCUT2D eigenvalue weighted by atomic mass is 9.97. The lowest BCUT2D eigenvalue weighted by Crippen LogP contribution is -2.49. The summed E-state index contributed by atoms with van der Waals surface area (Å²) in [4.78, 5) is 15.1. The molecule has 1 N–H and O–H groups in total. The van der Waals surface area contributed by atoms with E-state index in [9.17, 15) is 9.90 Å². The third-order valence-electron chi connectivity index (χ3n) is 5.29. The molecule has 2 saturated heterocycles. The number of fused-ring (bicyclic) bond motifs is 2. The molecule has 126 valence electrons. The van der Waals surface area contributed by atoms with Gasteiger partial charge in [0, 0.05) is 31.0 Å². The number of esters is 1. The number of nitrogens with zero attached hydrogens (tertiary/aromatic N) is 1. The van der Waals surface area contributed by atoms with Gasteiger partial charge < -0.3 is 9.84 Å². The molecule has 0 aliphatic carbocycles. The van der Waals surface area contributed by atoms with Crippen LogP contribution in [-0.2, 0) is 9.53 Å². The molecule has 0 spiro atoms. The maximum Gasteiger partial charge on any atom is 0.316 e. The van der Waals surface area contributed by atoms with Crippen LogP contribution in [0.25, 0.3) is 0 Å². The maximum absolute atomic E-state index is 12.5. The zero-order valence-electron chi connectivity index (χ0n) is 14.0. The number of hydrogen-bond acceptors (Lipinski definition) is 4. The summed E-state index contributed by atoms with van der Waals surface area (Å²) in [5.41, 5.74) is 0.822. The van der Waals surface area contributed by atoms with Crippen LogP contribution in [0.5, 0.6) is 0 Å². The molecule has 4 heteroatoms. The van der Waals surface area contributed by atoms with E-state index in [1.165, 1.54) is 12.8 Å². The number of carbonyl (C=O) groups is 1. The Kier molecular flexibility index (Phi) is 5.02. The third-order valence-corrected chi connectivity index (χ3v) is 5.29. The summed E-state index contributed by atoms with van der Waals surface area (Å²) in [5, 5.41) is 9.60. The van der Waals surface area contributed by atoms with Gasteiger partial charge in [-0.15, -0.1) is 0 Å². The van der Waals surface area contributed by atoms with Crippen LogP contribution in [0.1, 0.15) is 51.0 Å². The second-order valence-corrected chi connectivity index (χ2v) is 7.10. The van der Waals surface area contributed by atoms with Gasteiger partial charge in [0.15, 0.2) is 0 Å². The first kappa shape index (κ1) is 16.5. The Bertz CT molecular complexity index is 517. The van der Waals surface area contributed by atoms with Crippen molar-refractivity contribution in [1.29, 1.82) is 0 Å². The molecule has 3 rings (SSSR count). The molecule has 2 aliphatic heterocycles. The fraction of sp³-hybridized carbons (Fsp3) is 0.632. The monoisotopic (exact) mass is 317 g/mol. The van der Waals surface area contributed by atoms with Gasteiger partial charge in [-0.3, -0.25) is 9.69 Å². The molecule has 23 heavy (non-hydrogen) atoms. The summed E-state index contributed by atoms with van der Waals surface area (Å²) in [6, 6.07) is 11.0. The van der Waals surface area contributed by atoms with Crippen molar-refractivity contribution in [3.8, 4) is 0 Å². The molecule has 0 radical (unpaired) electrons. The SMILES string of the molecule is CC(C)N1C2CCC1CC(OC(=O)[C@@H](CO)c1ccccc1)C2. The number of carbonyl (C=O) groups excluding carboxylic acids is 1. The molecule has 0 aromatic heterocycles. The van der Waals surface area contributed by atoms with Gasteiger partial charge in [-0.05, 0) is 32.3 Å². The average Bonchev–Trinajstić information content (AvgIpc) is 2.81. The lowest BCUT2D eigenvalue weighted by molar-refractivity contribution is -0.155. The van der Waals surface area contributed by atoms with Crippen molar-refractivity contribution in [3.05, 3.63) is 35.9 Å². The highest BCUT2D eigenvalue weighted by Crippen LogP contribution is 2.38. The first-order valence-corrected chi connectivity index (χ1v) is 8.74. The highest BCUT2D eigenvalue weighted by molar-refractivity contribution is 5.78. The number of rotatable bonds is 5. The molecule has 1 aromatic carbocycles. The minimum absolute atomic E-state index is 0.00670. The second-order valence-electron chi connectivity index (χ2n) is 7.10. The fourth-order valence-corrected chi connectivity index (χ4v) is 4.35. The molecule has 0 amide bonds. The quantitative estimate of drug-likeness (QED) is 0.848. The van der Waals surface area contributed by atoms with Crippen LogP contribution in [0.15, 0.2) is 30.3 Å². The minimum atomic E-state index is -0.572. The Morgan fingerprint density at radius 1 is 1.22 bits per heavy atom. The largest absolute Gasteiger partial charge is 0.462 e. The number of piperidine rings is 1. The van der Waals surface area contributed by atoms with Gasteiger partial charge in [-0.1, -0.05) is 30.3 Å². The van der Waals surface area contributed by atoms with Gasteiger partial charge in [0.05, 0.1) is 6.61 Å².